The van der Waals surface area contributed by atoms with Gasteiger partial charge in [-0.25, -0.2) is 4.79 Å². The van der Waals surface area contributed by atoms with E-state index >= 15 is 0 Å². The largest absolute Gasteiger partial charge is 0.618 e. The van der Waals surface area contributed by atoms with Gasteiger partial charge < -0.3 is 24.3 Å². The Morgan fingerprint density at radius 1 is 1.25 bits per heavy atom. The predicted octanol–water partition coefficient (Wildman–Crippen LogP) is 4.71. The Bertz CT molecular complexity index is 981. The van der Waals surface area contributed by atoms with Crippen LogP contribution in [0.25, 0.3) is 0 Å². The molecule has 0 saturated heterocycles. The van der Waals surface area contributed by atoms with Crippen LogP contribution >= 0.6 is 0 Å². The van der Waals surface area contributed by atoms with Gasteiger partial charge in [-0.2, -0.15) is 4.73 Å². The Morgan fingerprint density at radius 2 is 1.97 bits per heavy atom. The van der Waals surface area contributed by atoms with Gasteiger partial charge in [0.2, 0.25) is 0 Å². The third kappa shape index (κ3) is 5.09. The lowest BCUT2D eigenvalue weighted by Gasteiger charge is -2.40. The van der Waals surface area contributed by atoms with E-state index in [-0.39, 0.29) is 24.7 Å². The number of rotatable bonds is 5. The van der Waals surface area contributed by atoms with Gasteiger partial charge in [0, 0.05) is 19.5 Å². The number of carbonyl (C=O) groups is 1. The Hall–Kier alpha value is -2.96. The van der Waals surface area contributed by atoms with E-state index in [0.29, 0.717) is 35.9 Å². The van der Waals surface area contributed by atoms with Gasteiger partial charge in [0.1, 0.15) is 11.4 Å². The molecule has 0 bridgehead atoms. The summed E-state index contributed by atoms with van der Waals surface area (Å²) in [5, 5.41) is 12.4. The van der Waals surface area contributed by atoms with E-state index in [2.05, 4.69) is 13.8 Å². The number of carbonyl (C=O) groups excluding carboxylic acids is 1. The van der Waals surface area contributed by atoms with E-state index in [1.54, 1.807) is 19.1 Å². The summed E-state index contributed by atoms with van der Waals surface area (Å²) in [5.74, 6) is 1.40. The Morgan fingerprint density at radius 3 is 2.59 bits per heavy atom. The highest BCUT2D eigenvalue weighted by Gasteiger charge is 2.35. The zero-order valence-corrected chi connectivity index (χ0v) is 20.1. The molecule has 1 aromatic carbocycles. The zero-order chi connectivity index (χ0) is 23.6. The van der Waals surface area contributed by atoms with Crippen molar-refractivity contribution in [3.63, 3.8) is 0 Å². The fourth-order valence-corrected chi connectivity index (χ4v) is 4.11. The molecule has 7 heteroatoms. The Kier molecular flexibility index (Phi) is 6.86. The van der Waals surface area contributed by atoms with Gasteiger partial charge in [-0.1, -0.05) is 19.9 Å². The molecular formula is C25H34N2O5. The minimum Gasteiger partial charge on any atom is -0.618 e. The Labute approximate surface area is 190 Å². The minimum absolute atomic E-state index is 0.0664. The molecule has 1 aromatic heterocycles. The highest BCUT2D eigenvalue weighted by atomic mass is 16.6. The van der Waals surface area contributed by atoms with E-state index in [4.69, 9.17) is 14.2 Å². The summed E-state index contributed by atoms with van der Waals surface area (Å²) in [6.07, 6.45) is 0.429. The van der Waals surface area contributed by atoms with E-state index in [0.717, 1.165) is 15.9 Å². The molecule has 0 aliphatic carbocycles. The lowest BCUT2D eigenvalue weighted by molar-refractivity contribution is -0.623. The number of methoxy groups -OCH3 is 1. The molecule has 32 heavy (non-hydrogen) atoms. The third-order valence-electron chi connectivity index (χ3n) is 5.57. The van der Waals surface area contributed by atoms with Crippen LogP contribution in [0.2, 0.25) is 0 Å². The summed E-state index contributed by atoms with van der Waals surface area (Å²) in [7, 11) is 1.54. The highest BCUT2D eigenvalue weighted by molar-refractivity contribution is 5.69. The number of fused-ring (bicyclic) bond motifs is 1. The lowest BCUT2D eigenvalue weighted by Crippen LogP contribution is -2.44. The number of ether oxygens (including phenoxy) is 3. The second-order valence-corrected chi connectivity index (χ2v) is 9.55. The summed E-state index contributed by atoms with van der Waals surface area (Å²) in [4.78, 5) is 14.6. The monoisotopic (exact) mass is 442 g/mol. The molecule has 0 N–H and O–H groups in total. The molecule has 1 aliphatic heterocycles. The van der Waals surface area contributed by atoms with Crippen molar-refractivity contribution in [2.45, 2.75) is 66.2 Å². The molecule has 3 rings (SSSR count). The third-order valence-corrected chi connectivity index (χ3v) is 5.57. The number of benzene rings is 1. The molecule has 1 atom stereocenters. The first-order valence-corrected chi connectivity index (χ1v) is 11.0. The van der Waals surface area contributed by atoms with Crippen LogP contribution in [-0.2, 0) is 17.8 Å². The summed E-state index contributed by atoms with van der Waals surface area (Å²) in [6, 6.07) is 9.34. The first-order chi connectivity index (χ1) is 15.0. The van der Waals surface area contributed by atoms with E-state index < -0.39 is 5.60 Å². The SMILES string of the molecule is COc1ccc(C)[n+]([O-])c1COc1ccc2c(c1)CCN(C(=O)OC(C)(C)C)[C@H]2C(C)C. The average molecular weight is 443 g/mol. The topological polar surface area (TPSA) is 74.9 Å². The van der Waals surface area contributed by atoms with Gasteiger partial charge in [-0.15, -0.1) is 0 Å². The van der Waals surface area contributed by atoms with Crippen molar-refractivity contribution in [1.29, 1.82) is 0 Å². The maximum Gasteiger partial charge on any atom is 0.410 e. The van der Waals surface area contributed by atoms with E-state index in [1.807, 2.05) is 43.9 Å². The van der Waals surface area contributed by atoms with Gasteiger partial charge in [0.05, 0.1) is 13.2 Å². The molecular weight excluding hydrogens is 408 g/mol. The van der Waals surface area contributed by atoms with Crippen molar-refractivity contribution in [3.8, 4) is 11.5 Å². The molecule has 0 saturated carbocycles. The van der Waals surface area contributed by atoms with Gasteiger partial charge in [-0.3, -0.25) is 0 Å². The number of nitrogens with zero attached hydrogens (tertiary/aromatic N) is 2. The van der Waals surface area contributed by atoms with Crippen LogP contribution in [0.4, 0.5) is 4.79 Å². The van der Waals surface area contributed by atoms with Crippen LogP contribution in [0.15, 0.2) is 30.3 Å². The normalized spacial score (nSPS) is 16.0. The molecule has 1 amide bonds. The quantitative estimate of drug-likeness (QED) is 0.495. The fourth-order valence-electron chi connectivity index (χ4n) is 4.11. The molecule has 2 aromatic rings. The molecule has 1 aliphatic rings. The van der Waals surface area contributed by atoms with Crippen LogP contribution in [0, 0.1) is 18.0 Å². The molecule has 7 nitrogen and oxygen atoms in total. The number of hydrogen-bond acceptors (Lipinski definition) is 5. The maximum absolute atomic E-state index is 12.8. The summed E-state index contributed by atoms with van der Waals surface area (Å²) in [5.41, 5.74) is 2.73. The second-order valence-electron chi connectivity index (χ2n) is 9.55. The first-order valence-electron chi connectivity index (χ1n) is 11.0. The van der Waals surface area contributed by atoms with Crippen LogP contribution in [0.1, 0.15) is 63.2 Å². The molecule has 0 radical (unpaired) electrons. The van der Waals surface area contributed by atoms with Gasteiger partial charge >= 0.3 is 6.09 Å². The molecule has 0 spiro atoms. The molecule has 174 valence electrons. The predicted molar refractivity (Wildman–Crippen MR) is 122 cm³/mol. The smallest absolute Gasteiger partial charge is 0.410 e. The van der Waals surface area contributed by atoms with Crippen molar-refractivity contribution in [2.24, 2.45) is 5.92 Å². The highest BCUT2D eigenvalue weighted by Crippen LogP contribution is 2.37. The lowest BCUT2D eigenvalue weighted by atomic mass is 9.86. The number of aryl methyl sites for hydroxylation is 1. The standard InChI is InChI=1S/C25H34N2O5/c1-16(2)23-20-10-9-19(31-15-21-22(30-7)11-8-17(3)27(21)29)14-18(20)12-13-26(23)24(28)32-25(4,5)6/h8-11,14,16,23H,12-13,15H2,1-7H3/t23-/m0/s1. The van der Waals surface area contributed by atoms with Crippen LogP contribution in [-0.4, -0.2) is 30.2 Å². The summed E-state index contributed by atoms with van der Waals surface area (Å²) < 4.78 is 17.8. The van der Waals surface area contributed by atoms with Crippen molar-refractivity contribution >= 4 is 6.09 Å². The van der Waals surface area contributed by atoms with Gasteiger partial charge in [0.15, 0.2) is 18.1 Å². The van der Waals surface area contributed by atoms with Gasteiger partial charge in [0.25, 0.3) is 5.69 Å². The summed E-state index contributed by atoms with van der Waals surface area (Å²) >= 11 is 0. The van der Waals surface area contributed by atoms with E-state index in [1.165, 1.54) is 7.11 Å². The number of hydrogen-bond donors (Lipinski definition) is 0. The van der Waals surface area contributed by atoms with Crippen molar-refractivity contribution < 1.29 is 23.7 Å². The Balaban J connectivity index is 1.82. The average Bonchev–Trinajstić information content (AvgIpc) is 2.72. The molecule has 2 heterocycles. The maximum atomic E-state index is 12.8. The number of pyridine rings is 1. The second kappa shape index (κ2) is 9.27. The van der Waals surface area contributed by atoms with E-state index in [9.17, 15) is 10.0 Å². The van der Waals surface area contributed by atoms with Crippen molar-refractivity contribution in [3.05, 3.63) is 58.1 Å². The summed E-state index contributed by atoms with van der Waals surface area (Å²) in [6.45, 7) is 12.3. The molecule has 0 unspecified atom stereocenters. The minimum atomic E-state index is -0.536. The molecule has 0 fully saturated rings. The number of aromatic nitrogens is 1. The van der Waals surface area contributed by atoms with Crippen LogP contribution < -0.4 is 14.2 Å². The van der Waals surface area contributed by atoms with Crippen LogP contribution in [0.5, 0.6) is 11.5 Å². The number of amides is 1. The van der Waals surface area contributed by atoms with Crippen molar-refractivity contribution in [2.75, 3.05) is 13.7 Å². The van der Waals surface area contributed by atoms with Gasteiger partial charge in [-0.05, 0) is 62.4 Å². The fraction of sp³-hybridized carbons (Fsp3) is 0.520. The van der Waals surface area contributed by atoms with Crippen molar-refractivity contribution in [1.82, 2.24) is 4.90 Å². The zero-order valence-electron chi connectivity index (χ0n) is 20.1. The van der Waals surface area contributed by atoms with Crippen LogP contribution in [0.3, 0.4) is 0 Å². The first kappa shape index (κ1) is 23.7.